The van der Waals surface area contributed by atoms with Gasteiger partial charge in [0, 0.05) is 35.5 Å². The Kier molecular flexibility index (Phi) is 4.07. The minimum atomic E-state index is 0.355. The van der Waals surface area contributed by atoms with Crippen LogP contribution in [0.25, 0.3) is 10.8 Å². The lowest BCUT2D eigenvalue weighted by molar-refractivity contribution is 0.310. The van der Waals surface area contributed by atoms with E-state index >= 15 is 0 Å². The quantitative estimate of drug-likeness (QED) is 0.637. The van der Waals surface area contributed by atoms with Crippen molar-refractivity contribution < 1.29 is 4.74 Å². The zero-order chi connectivity index (χ0) is 16.5. The van der Waals surface area contributed by atoms with Crippen molar-refractivity contribution >= 4 is 28.1 Å². The summed E-state index contributed by atoms with van der Waals surface area (Å²) in [4.78, 5) is 0. The van der Waals surface area contributed by atoms with E-state index in [9.17, 15) is 0 Å². The highest BCUT2D eigenvalue weighted by molar-refractivity contribution is 6.18. The number of alkyl halides is 1. The monoisotopic (exact) mass is 337 g/mol. The van der Waals surface area contributed by atoms with Gasteiger partial charge >= 0.3 is 0 Å². The average molecular weight is 338 g/mol. The lowest BCUT2D eigenvalue weighted by atomic mass is 9.92. The molecule has 4 rings (SSSR count). The van der Waals surface area contributed by atoms with Gasteiger partial charge in [-0.25, -0.2) is 0 Å². The number of ether oxygens (including phenoxy) is 1. The van der Waals surface area contributed by atoms with Crippen LogP contribution in [0.3, 0.4) is 0 Å². The fourth-order valence-corrected chi connectivity index (χ4v) is 3.81. The third kappa shape index (κ3) is 2.61. The molecule has 0 unspecified atom stereocenters. The highest BCUT2D eigenvalue weighted by Crippen LogP contribution is 2.43. The first-order valence-corrected chi connectivity index (χ1v) is 8.84. The molecule has 0 saturated carbocycles. The summed E-state index contributed by atoms with van der Waals surface area (Å²) in [5, 5.41) is 5.95. The van der Waals surface area contributed by atoms with E-state index in [0.717, 1.165) is 18.0 Å². The van der Waals surface area contributed by atoms with Gasteiger partial charge in [0.1, 0.15) is 12.4 Å². The first kappa shape index (κ1) is 15.3. The Balaban J connectivity index is 1.80. The molecule has 0 bridgehead atoms. The van der Waals surface area contributed by atoms with Gasteiger partial charge in [-0.1, -0.05) is 48.5 Å². The van der Waals surface area contributed by atoms with Crippen molar-refractivity contribution in [2.45, 2.75) is 19.4 Å². The molecule has 0 spiro atoms. The van der Waals surface area contributed by atoms with Crippen molar-refractivity contribution in [1.82, 2.24) is 0 Å². The minimum Gasteiger partial charge on any atom is -0.488 e. The Bertz CT molecular complexity index is 876. The number of benzene rings is 3. The lowest BCUT2D eigenvalue weighted by Gasteiger charge is -2.16. The third-order valence-electron chi connectivity index (χ3n) is 4.74. The molecule has 3 aromatic rings. The molecule has 3 heteroatoms. The van der Waals surface area contributed by atoms with Gasteiger partial charge in [-0.3, -0.25) is 0 Å². The molecule has 2 nitrogen and oxygen atoms in total. The third-order valence-corrected chi connectivity index (χ3v) is 5.12. The van der Waals surface area contributed by atoms with Crippen molar-refractivity contribution in [3.05, 3.63) is 71.3 Å². The number of hydrogen-bond donors (Lipinski definition) is 1. The molecule has 0 aromatic heterocycles. The summed E-state index contributed by atoms with van der Waals surface area (Å²) in [7, 11) is 0. The zero-order valence-corrected chi connectivity index (χ0v) is 14.4. The van der Waals surface area contributed by atoms with Crippen molar-refractivity contribution in [2.75, 3.05) is 17.7 Å². The van der Waals surface area contributed by atoms with Crippen LogP contribution in [-0.4, -0.2) is 12.4 Å². The molecule has 3 aromatic carbocycles. The molecule has 24 heavy (non-hydrogen) atoms. The van der Waals surface area contributed by atoms with Crippen LogP contribution in [0.5, 0.6) is 5.75 Å². The molecular formula is C21H20ClNO. The largest absolute Gasteiger partial charge is 0.488 e. The first-order chi connectivity index (χ1) is 11.8. The number of halogens is 1. The summed E-state index contributed by atoms with van der Waals surface area (Å²) in [5.74, 6) is 1.92. The number of hydrogen-bond acceptors (Lipinski definition) is 2. The summed E-state index contributed by atoms with van der Waals surface area (Å²) in [5.41, 5.74) is 4.94. The Morgan fingerprint density at radius 2 is 1.96 bits per heavy atom. The second kappa shape index (κ2) is 6.37. The molecule has 1 aliphatic rings. The highest BCUT2D eigenvalue weighted by Gasteiger charge is 2.26. The Hall–Kier alpha value is -2.19. The fraction of sp³-hybridized carbons (Fsp3) is 0.238. The fourth-order valence-electron chi connectivity index (χ4n) is 3.54. The number of anilines is 1. The van der Waals surface area contributed by atoms with E-state index in [4.69, 9.17) is 16.3 Å². The van der Waals surface area contributed by atoms with Gasteiger partial charge in [0.15, 0.2) is 0 Å². The van der Waals surface area contributed by atoms with Crippen molar-refractivity contribution in [3.8, 4) is 5.75 Å². The highest BCUT2D eigenvalue weighted by atomic mass is 35.5. The smallest absolute Gasteiger partial charge is 0.129 e. The van der Waals surface area contributed by atoms with Crippen molar-refractivity contribution in [2.24, 2.45) is 0 Å². The van der Waals surface area contributed by atoms with Gasteiger partial charge < -0.3 is 10.1 Å². The van der Waals surface area contributed by atoms with Crippen LogP contribution in [0.1, 0.15) is 22.6 Å². The lowest BCUT2D eigenvalue weighted by Crippen LogP contribution is -2.03. The van der Waals surface area contributed by atoms with Crippen LogP contribution in [0.15, 0.2) is 54.6 Å². The van der Waals surface area contributed by atoms with E-state index < -0.39 is 0 Å². The van der Waals surface area contributed by atoms with E-state index in [1.54, 1.807) is 0 Å². The van der Waals surface area contributed by atoms with Gasteiger partial charge in [-0.2, -0.15) is 0 Å². The van der Waals surface area contributed by atoms with E-state index in [1.165, 1.54) is 27.5 Å². The summed E-state index contributed by atoms with van der Waals surface area (Å²) < 4.78 is 6.18. The number of fused-ring (bicyclic) bond motifs is 3. The van der Waals surface area contributed by atoms with Crippen LogP contribution in [0.2, 0.25) is 0 Å². The maximum Gasteiger partial charge on any atom is 0.129 e. The molecule has 0 saturated heterocycles. The van der Waals surface area contributed by atoms with Gasteiger partial charge in [-0.05, 0) is 29.0 Å². The zero-order valence-electron chi connectivity index (χ0n) is 13.7. The van der Waals surface area contributed by atoms with E-state index in [0.29, 0.717) is 18.4 Å². The van der Waals surface area contributed by atoms with Crippen LogP contribution >= 0.6 is 11.6 Å². The number of aryl methyl sites for hydroxylation is 1. The van der Waals surface area contributed by atoms with Crippen molar-refractivity contribution in [3.63, 3.8) is 0 Å². The molecule has 1 aliphatic heterocycles. The maximum absolute atomic E-state index is 6.20. The second-order valence-corrected chi connectivity index (χ2v) is 6.65. The van der Waals surface area contributed by atoms with Crippen LogP contribution in [0, 0.1) is 6.92 Å². The second-order valence-electron chi connectivity index (χ2n) is 6.34. The van der Waals surface area contributed by atoms with Gasteiger partial charge in [-0.15, -0.1) is 11.6 Å². The van der Waals surface area contributed by atoms with Gasteiger partial charge in [0.2, 0.25) is 0 Å². The van der Waals surface area contributed by atoms with E-state index in [1.807, 2.05) is 18.2 Å². The minimum absolute atomic E-state index is 0.355. The standard InChI is InChI=1S/C21H20ClNO/c1-14-6-5-9-17-19(24-13-15-7-3-2-4-8-15)10-18-21(20(14)17)16(11-22)12-23-18/h2-10,16,23H,11-13H2,1H3/t16-/m1/s1. The van der Waals surface area contributed by atoms with E-state index in [-0.39, 0.29) is 0 Å². The first-order valence-electron chi connectivity index (χ1n) is 8.30. The summed E-state index contributed by atoms with van der Waals surface area (Å²) in [6.07, 6.45) is 0. The Labute approximate surface area is 147 Å². The Morgan fingerprint density at radius 1 is 1.12 bits per heavy atom. The van der Waals surface area contributed by atoms with Crippen LogP contribution < -0.4 is 10.1 Å². The van der Waals surface area contributed by atoms with Gasteiger partial charge in [0.25, 0.3) is 0 Å². The average Bonchev–Trinajstić information content (AvgIpc) is 3.03. The molecule has 122 valence electrons. The molecule has 0 amide bonds. The molecule has 0 aliphatic carbocycles. The molecule has 1 atom stereocenters. The Morgan fingerprint density at radius 3 is 2.75 bits per heavy atom. The molecular weight excluding hydrogens is 318 g/mol. The van der Waals surface area contributed by atoms with Crippen LogP contribution in [0.4, 0.5) is 5.69 Å². The summed E-state index contributed by atoms with van der Waals surface area (Å²) >= 11 is 6.20. The van der Waals surface area contributed by atoms with E-state index in [2.05, 4.69) is 48.6 Å². The number of nitrogens with one attached hydrogen (secondary N) is 1. The topological polar surface area (TPSA) is 21.3 Å². The molecule has 0 radical (unpaired) electrons. The molecule has 0 fully saturated rings. The normalized spacial score (nSPS) is 16.0. The van der Waals surface area contributed by atoms with Gasteiger partial charge in [0.05, 0.1) is 0 Å². The SMILES string of the molecule is Cc1cccc2c(OCc3ccccc3)cc3c(c12)[C@H](CCl)CN3. The predicted octanol–water partition coefficient (Wildman–Crippen LogP) is 5.48. The molecule has 1 N–H and O–H groups in total. The molecule has 1 heterocycles. The summed E-state index contributed by atoms with van der Waals surface area (Å²) in [6, 6.07) is 18.8. The van der Waals surface area contributed by atoms with Crippen LogP contribution in [-0.2, 0) is 6.61 Å². The summed E-state index contributed by atoms with van der Waals surface area (Å²) in [6.45, 7) is 3.62. The number of rotatable bonds is 4. The maximum atomic E-state index is 6.20. The predicted molar refractivity (Wildman–Crippen MR) is 101 cm³/mol. The van der Waals surface area contributed by atoms with Crippen molar-refractivity contribution in [1.29, 1.82) is 0 Å².